The minimum absolute atomic E-state index is 0.0523. The van der Waals surface area contributed by atoms with Crippen LogP contribution in [0.15, 0.2) is 42.6 Å². The zero-order valence-electron chi connectivity index (χ0n) is 14.3. The Morgan fingerprint density at radius 2 is 1.76 bits per heavy atom. The predicted molar refractivity (Wildman–Crippen MR) is 95.5 cm³/mol. The highest BCUT2D eigenvalue weighted by atomic mass is 35.5. The molecule has 25 heavy (non-hydrogen) atoms. The molecule has 6 nitrogen and oxygen atoms in total. The fourth-order valence-corrected chi connectivity index (χ4v) is 2.06. The topological polar surface area (TPSA) is 80.3 Å². The molecule has 2 N–H and O–H groups in total. The molecule has 0 spiro atoms. The van der Waals surface area contributed by atoms with Gasteiger partial charge in [-0.15, -0.1) is 0 Å². The molecule has 0 fully saturated rings. The second-order valence-corrected chi connectivity index (χ2v) is 6.82. The van der Waals surface area contributed by atoms with E-state index >= 15 is 0 Å². The minimum Gasteiger partial charge on any atom is -0.484 e. The molecule has 2 aromatic rings. The summed E-state index contributed by atoms with van der Waals surface area (Å²) in [5, 5.41) is 0.284. The number of nitrogens with zero attached hydrogens (tertiary/aromatic N) is 1. The number of pyridine rings is 1. The molecule has 0 aliphatic heterocycles. The van der Waals surface area contributed by atoms with Gasteiger partial charge in [-0.2, -0.15) is 0 Å². The first kappa shape index (κ1) is 18.7. The van der Waals surface area contributed by atoms with Crippen LogP contribution in [-0.2, 0) is 10.2 Å². The Morgan fingerprint density at radius 1 is 1.08 bits per heavy atom. The third-order valence-electron chi connectivity index (χ3n) is 3.40. The fraction of sp³-hybridized carbons (Fsp3) is 0.278. The third kappa shape index (κ3) is 5.76. The molecule has 0 saturated carbocycles. The van der Waals surface area contributed by atoms with Crippen LogP contribution in [-0.4, -0.2) is 23.4 Å². The van der Waals surface area contributed by atoms with Gasteiger partial charge in [-0.25, -0.2) is 4.98 Å². The van der Waals surface area contributed by atoms with Crippen molar-refractivity contribution in [2.24, 2.45) is 0 Å². The summed E-state index contributed by atoms with van der Waals surface area (Å²) in [5.74, 6) is -0.390. The molecule has 7 heteroatoms. The molecule has 132 valence electrons. The molecular weight excluding hydrogens is 342 g/mol. The quantitative estimate of drug-likeness (QED) is 0.648. The molecule has 0 aliphatic rings. The van der Waals surface area contributed by atoms with Crippen molar-refractivity contribution >= 4 is 23.4 Å². The third-order valence-corrected chi connectivity index (χ3v) is 3.62. The molecule has 0 radical (unpaired) electrons. The van der Waals surface area contributed by atoms with E-state index in [1.54, 1.807) is 0 Å². The zero-order chi connectivity index (χ0) is 18.4. The van der Waals surface area contributed by atoms with Gasteiger partial charge in [0.25, 0.3) is 11.8 Å². The minimum atomic E-state index is -0.493. The first-order valence-corrected chi connectivity index (χ1v) is 8.07. The van der Waals surface area contributed by atoms with E-state index < -0.39 is 11.8 Å². The van der Waals surface area contributed by atoms with Crippen LogP contribution in [0.25, 0.3) is 0 Å². The van der Waals surface area contributed by atoms with E-state index in [0.29, 0.717) is 5.75 Å². The van der Waals surface area contributed by atoms with Crippen LogP contribution in [0.2, 0.25) is 5.15 Å². The SMILES string of the molecule is CC(C)(C)c1ccc(OCC(=O)NNC(=O)c2ccc(Cl)nc2)cc1. The molecule has 2 amide bonds. The van der Waals surface area contributed by atoms with E-state index in [1.807, 2.05) is 24.3 Å². The number of carbonyl (C=O) groups is 2. The molecular formula is C18H20ClN3O3. The standard InChI is InChI=1S/C18H20ClN3O3/c1-18(2,3)13-5-7-14(8-6-13)25-11-16(23)21-22-17(24)12-4-9-15(19)20-10-12/h4-10H,11H2,1-3H3,(H,21,23)(H,22,24). The Labute approximate surface area is 151 Å². The summed E-state index contributed by atoms with van der Waals surface area (Å²) in [4.78, 5) is 27.4. The monoisotopic (exact) mass is 361 g/mol. The molecule has 0 bridgehead atoms. The van der Waals surface area contributed by atoms with Gasteiger partial charge in [0.05, 0.1) is 5.56 Å². The first-order chi connectivity index (χ1) is 11.8. The summed E-state index contributed by atoms with van der Waals surface area (Å²) in [6, 6.07) is 10.5. The number of hydrogen-bond acceptors (Lipinski definition) is 4. The highest BCUT2D eigenvalue weighted by Gasteiger charge is 2.13. The van der Waals surface area contributed by atoms with Crippen molar-refractivity contribution in [1.29, 1.82) is 0 Å². The maximum atomic E-state index is 11.8. The maximum Gasteiger partial charge on any atom is 0.276 e. The van der Waals surface area contributed by atoms with Crippen molar-refractivity contribution in [3.8, 4) is 5.75 Å². The van der Waals surface area contributed by atoms with Crippen LogP contribution >= 0.6 is 11.6 Å². The van der Waals surface area contributed by atoms with Crippen LogP contribution in [0.4, 0.5) is 0 Å². The van der Waals surface area contributed by atoms with E-state index in [-0.39, 0.29) is 22.7 Å². The normalized spacial score (nSPS) is 10.9. The number of rotatable bonds is 4. The van der Waals surface area contributed by atoms with Gasteiger partial charge >= 0.3 is 0 Å². The molecule has 0 unspecified atom stereocenters. The first-order valence-electron chi connectivity index (χ1n) is 7.70. The van der Waals surface area contributed by atoms with Crippen LogP contribution < -0.4 is 15.6 Å². The van der Waals surface area contributed by atoms with Crippen LogP contribution in [0.1, 0.15) is 36.7 Å². The van der Waals surface area contributed by atoms with Gasteiger partial charge in [0.15, 0.2) is 6.61 Å². The van der Waals surface area contributed by atoms with Crippen molar-refractivity contribution in [2.45, 2.75) is 26.2 Å². The molecule has 1 aromatic carbocycles. The molecule has 0 atom stereocenters. The number of carbonyl (C=O) groups excluding carboxylic acids is 2. The number of ether oxygens (including phenoxy) is 1. The number of aromatic nitrogens is 1. The Kier molecular flexibility index (Phi) is 5.98. The molecule has 2 rings (SSSR count). The van der Waals surface area contributed by atoms with Gasteiger partial charge in [0.1, 0.15) is 10.9 Å². The summed E-state index contributed by atoms with van der Waals surface area (Å²) in [6.07, 6.45) is 1.32. The lowest BCUT2D eigenvalue weighted by Crippen LogP contribution is -2.43. The number of nitrogens with one attached hydrogen (secondary N) is 2. The average molecular weight is 362 g/mol. The van der Waals surface area contributed by atoms with Crippen LogP contribution in [0.3, 0.4) is 0 Å². The number of halogens is 1. The molecule has 1 aromatic heterocycles. The second-order valence-electron chi connectivity index (χ2n) is 6.43. The highest BCUT2D eigenvalue weighted by molar-refractivity contribution is 6.29. The maximum absolute atomic E-state index is 11.8. The van der Waals surface area contributed by atoms with Crippen molar-refractivity contribution in [2.75, 3.05) is 6.61 Å². The lowest BCUT2D eigenvalue weighted by atomic mass is 9.87. The largest absolute Gasteiger partial charge is 0.484 e. The number of hydrogen-bond donors (Lipinski definition) is 2. The van der Waals surface area contributed by atoms with Crippen molar-refractivity contribution in [3.05, 3.63) is 58.9 Å². The van der Waals surface area contributed by atoms with Crippen LogP contribution in [0.5, 0.6) is 5.75 Å². The van der Waals surface area contributed by atoms with Gasteiger partial charge in [-0.1, -0.05) is 44.5 Å². The zero-order valence-corrected chi connectivity index (χ0v) is 15.1. The van der Waals surface area contributed by atoms with Gasteiger partial charge in [0.2, 0.25) is 0 Å². The average Bonchev–Trinajstić information content (AvgIpc) is 2.58. The van der Waals surface area contributed by atoms with E-state index in [2.05, 4.69) is 36.6 Å². The van der Waals surface area contributed by atoms with Crippen molar-refractivity contribution < 1.29 is 14.3 Å². The van der Waals surface area contributed by atoms with E-state index in [4.69, 9.17) is 16.3 Å². The van der Waals surface area contributed by atoms with Gasteiger partial charge in [-0.05, 0) is 35.2 Å². The summed E-state index contributed by atoms with van der Waals surface area (Å²) < 4.78 is 5.40. The van der Waals surface area contributed by atoms with Gasteiger partial charge in [-0.3, -0.25) is 20.4 Å². The van der Waals surface area contributed by atoms with Crippen molar-refractivity contribution in [3.63, 3.8) is 0 Å². The number of benzene rings is 1. The van der Waals surface area contributed by atoms with Crippen molar-refractivity contribution in [1.82, 2.24) is 15.8 Å². The predicted octanol–water partition coefficient (Wildman–Crippen LogP) is 2.87. The Balaban J connectivity index is 1.79. The Hall–Kier alpha value is -2.60. The molecule has 0 saturated heterocycles. The lowest BCUT2D eigenvalue weighted by molar-refractivity contribution is -0.123. The summed E-state index contributed by atoms with van der Waals surface area (Å²) in [5.41, 5.74) is 6.07. The van der Waals surface area contributed by atoms with E-state index in [1.165, 1.54) is 23.9 Å². The Bertz CT molecular complexity index is 738. The fourth-order valence-electron chi connectivity index (χ4n) is 1.94. The summed E-state index contributed by atoms with van der Waals surface area (Å²) >= 11 is 5.65. The summed E-state index contributed by atoms with van der Waals surface area (Å²) in [6.45, 7) is 6.15. The lowest BCUT2D eigenvalue weighted by Gasteiger charge is -2.19. The summed E-state index contributed by atoms with van der Waals surface area (Å²) in [7, 11) is 0. The second kappa shape index (κ2) is 7.98. The van der Waals surface area contributed by atoms with Gasteiger partial charge in [0, 0.05) is 6.20 Å². The van der Waals surface area contributed by atoms with Gasteiger partial charge < -0.3 is 4.74 Å². The van der Waals surface area contributed by atoms with E-state index in [9.17, 15) is 9.59 Å². The van der Waals surface area contributed by atoms with Crippen LogP contribution in [0, 0.1) is 0 Å². The van der Waals surface area contributed by atoms with E-state index in [0.717, 1.165) is 0 Å². The molecule has 1 heterocycles. The highest BCUT2D eigenvalue weighted by Crippen LogP contribution is 2.24. The Morgan fingerprint density at radius 3 is 2.32 bits per heavy atom. The number of amides is 2. The number of hydrazine groups is 1. The molecule has 0 aliphatic carbocycles. The smallest absolute Gasteiger partial charge is 0.276 e.